The summed E-state index contributed by atoms with van der Waals surface area (Å²) < 4.78 is 0. The third kappa shape index (κ3) is 3.23. The lowest BCUT2D eigenvalue weighted by Crippen LogP contribution is -2.50. The molecule has 2 aromatic rings. The fraction of sp³-hybridized carbons (Fsp3) is 0.300. The molecule has 1 aliphatic rings. The second-order valence-electron chi connectivity index (χ2n) is 6.02. The van der Waals surface area contributed by atoms with Crippen LogP contribution in [0.25, 0.3) is 0 Å². The summed E-state index contributed by atoms with van der Waals surface area (Å²) in [6, 6.07) is 22.2. The standard InChI is InChI=1S/C20H24N2/c1-17-20(21(2)19-12-7-4-8-13-19)14-9-15-22(17)16-18-10-5-3-6-11-18/h3-14,17,20H,15-16H2,1-2H3/t17-,20+/m1/s1. The summed E-state index contributed by atoms with van der Waals surface area (Å²) in [5.74, 6) is 0. The second kappa shape index (κ2) is 6.80. The van der Waals surface area contributed by atoms with Crippen molar-refractivity contribution in [2.45, 2.75) is 25.6 Å². The van der Waals surface area contributed by atoms with Gasteiger partial charge in [-0.15, -0.1) is 0 Å². The van der Waals surface area contributed by atoms with E-state index >= 15 is 0 Å². The van der Waals surface area contributed by atoms with Crippen molar-refractivity contribution in [1.29, 1.82) is 0 Å². The fourth-order valence-electron chi connectivity index (χ4n) is 3.19. The molecule has 0 spiro atoms. The van der Waals surface area contributed by atoms with Gasteiger partial charge in [-0.3, -0.25) is 4.90 Å². The Kier molecular flexibility index (Phi) is 4.59. The van der Waals surface area contributed by atoms with Gasteiger partial charge in [0, 0.05) is 31.9 Å². The molecule has 3 rings (SSSR count). The van der Waals surface area contributed by atoms with Crippen LogP contribution in [0.15, 0.2) is 72.8 Å². The Morgan fingerprint density at radius 1 is 1.00 bits per heavy atom. The molecule has 2 heteroatoms. The summed E-state index contributed by atoms with van der Waals surface area (Å²) in [5, 5.41) is 0. The van der Waals surface area contributed by atoms with Crippen molar-refractivity contribution < 1.29 is 0 Å². The van der Waals surface area contributed by atoms with Gasteiger partial charge >= 0.3 is 0 Å². The molecule has 0 N–H and O–H groups in total. The van der Waals surface area contributed by atoms with E-state index in [1.807, 2.05) is 0 Å². The Bertz CT molecular complexity index is 606. The van der Waals surface area contributed by atoms with Crippen LogP contribution in [0.5, 0.6) is 0 Å². The maximum absolute atomic E-state index is 2.54. The smallest absolute Gasteiger partial charge is 0.0623 e. The predicted octanol–water partition coefficient (Wildman–Crippen LogP) is 3.95. The van der Waals surface area contributed by atoms with Crippen molar-refractivity contribution >= 4 is 5.69 Å². The molecule has 0 radical (unpaired) electrons. The van der Waals surface area contributed by atoms with Gasteiger partial charge in [-0.05, 0) is 24.6 Å². The number of likely N-dealkylation sites (N-methyl/N-ethyl adjacent to an activating group) is 1. The number of nitrogens with zero attached hydrogens (tertiary/aromatic N) is 2. The van der Waals surface area contributed by atoms with E-state index < -0.39 is 0 Å². The van der Waals surface area contributed by atoms with Crippen molar-refractivity contribution in [3.8, 4) is 0 Å². The molecule has 0 bridgehead atoms. The molecule has 1 aliphatic heterocycles. The number of hydrogen-bond donors (Lipinski definition) is 0. The van der Waals surface area contributed by atoms with Crippen molar-refractivity contribution in [1.82, 2.24) is 4.90 Å². The maximum atomic E-state index is 2.54. The SMILES string of the molecule is C[C@@H]1[C@@H](N(C)c2ccccc2)C=CCN1Cc1ccccc1. The highest BCUT2D eigenvalue weighted by Crippen LogP contribution is 2.23. The molecule has 2 aromatic carbocycles. The van der Waals surface area contributed by atoms with Crippen LogP contribution < -0.4 is 4.90 Å². The molecule has 114 valence electrons. The van der Waals surface area contributed by atoms with Gasteiger partial charge in [-0.2, -0.15) is 0 Å². The zero-order valence-electron chi connectivity index (χ0n) is 13.4. The Hall–Kier alpha value is -2.06. The predicted molar refractivity (Wildman–Crippen MR) is 94.1 cm³/mol. The summed E-state index contributed by atoms with van der Waals surface area (Å²) in [7, 11) is 2.19. The quantitative estimate of drug-likeness (QED) is 0.787. The first-order chi connectivity index (χ1) is 10.8. The first-order valence-corrected chi connectivity index (χ1v) is 7.98. The zero-order chi connectivity index (χ0) is 15.4. The molecule has 0 aliphatic carbocycles. The van der Waals surface area contributed by atoms with E-state index in [0.717, 1.165) is 13.1 Å². The van der Waals surface area contributed by atoms with E-state index in [9.17, 15) is 0 Å². The van der Waals surface area contributed by atoms with Crippen LogP contribution in [0, 0.1) is 0 Å². The van der Waals surface area contributed by atoms with Gasteiger partial charge in [0.15, 0.2) is 0 Å². The van der Waals surface area contributed by atoms with Crippen LogP contribution in [0.1, 0.15) is 12.5 Å². The van der Waals surface area contributed by atoms with Crippen molar-refractivity contribution in [2.75, 3.05) is 18.5 Å². The average molecular weight is 292 g/mol. The van der Waals surface area contributed by atoms with E-state index in [1.54, 1.807) is 0 Å². The minimum Gasteiger partial charge on any atom is -0.367 e. The van der Waals surface area contributed by atoms with E-state index in [0.29, 0.717) is 12.1 Å². The topological polar surface area (TPSA) is 6.48 Å². The van der Waals surface area contributed by atoms with Gasteiger partial charge in [-0.25, -0.2) is 0 Å². The van der Waals surface area contributed by atoms with E-state index in [2.05, 4.69) is 96.6 Å². The van der Waals surface area contributed by atoms with E-state index in [4.69, 9.17) is 0 Å². The van der Waals surface area contributed by atoms with Crippen molar-refractivity contribution in [2.24, 2.45) is 0 Å². The third-order valence-electron chi connectivity index (χ3n) is 4.58. The van der Waals surface area contributed by atoms with Crippen LogP contribution in [0.2, 0.25) is 0 Å². The van der Waals surface area contributed by atoms with Crippen LogP contribution in [0.4, 0.5) is 5.69 Å². The highest BCUT2D eigenvalue weighted by atomic mass is 15.2. The first kappa shape index (κ1) is 14.9. The summed E-state index contributed by atoms with van der Waals surface area (Å²) in [6.45, 7) is 4.36. The first-order valence-electron chi connectivity index (χ1n) is 7.98. The van der Waals surface area contributed by atoms with Crippen molar-refractivity contribution in [3.63, 3.8) is 0 Å². The third-order valence-corrected chi connectivity index (χ3v) is 4.58. The molecule has 0 saturated carbocycles. The van der Waals surface area contributed by atoms with Crippen LogP contribution in [0.3, 0.4) is 0 Å². The normalized spacial score (nSPS) is 21.7. The van der Waals surface area contributed by atoms with E-state index in [1.165, 1.54) is 11.3 Å². The Morgan fingerprint density at radius 3 is 2.32 bits per heavy atom. The maximum Gasteiger partial charge on any atom is 0.0623 e. The van der Waals surface area contributed by atoms with Gasteiger partial charge in [0.05, 0.1) is 6.04 Å². The van der Waals surface area contributed by atoms with Gasteiger partial charge < -0.3 is 4.90 Å². The summed E-state index contributed by atoms with van der Waals surface area (Å²) in [6.07, 6.45) is 4.65. The minimum atomic E-state index is 0.403. The Morgan fingerprint density at radius 2 is 1.64 bits per heavy atom. The Labute approximate surface area is 133 Å². The summed E-state index contributed by atoms with van der Waals surface area (Å²) >= 11 is 0. The highest BCUT2D eigenvalue weighted by molar-refractivity contribution is 5.48. The molecular weight excluding hydrogens is 268 g/mol. The monoisotopic (exact) mass is 292 g/mol. The van der Waals surface area contributed by atoms with Gasteiger partial charge in [0.2, 0.25) is 0 Å². The van der Waals surface area contributed by atoms with Gasteiger partial charge in [0.25, 0.3) is 0 Å². The molecule has 2 atom stereocenters. The zero-order valence-corrected chi connectivity index (χ0v) is 13.4. The highest BCUT2D eigenvalue weighted by Gasteiger charge is 2.27. The number of anilines is 1. The molecule has 1 heterocycles. The van der Waals surface area contributed by atoms with Crippen LogP contribution in [-0.2, 0) is 6.54 Å². The second-order valence-corrected chi connectivity index (χ2v) is 6.02. The fourth-order valence-corrected chi connectivity index (χ4v) is 3.19. The molecular formula is C20H24N2. The van der Waals surface area contributed by atoms with Crippen LogP contribution in [-0.4, -0.2) is 30.6 Å². The summed E-state index contributed by atoms with van der Waals surface area (Å²) in [5.41, 5.74) is 2.65. The lowest BCUT2D eigenvalue weighted by Gasteiger charge is -2.41. The summed E-state index contributed by atoms with van der Waals surface area (Å²) in [4.78, 5) is 4.91. The molecule has 0 fully saturated rings. The lowest BCUT2D eigenvalue weighted by molar-refractivity contribution is 0.196. The molecule has 0 amide bonds. The number of rotatable bonds is 4. The van der Waals surface area contributed by atoms with Crippen LogP contribution >= 0.6 is 0 Å². The number of benzene rings is 2. The molecule has 0 saturated heterocycles. The lowest BCUT2D eigenvalue weighted by atomic mass is 10.0. The molecule has 2 nitrogen and oxygen atoms in total. The Balaban J connectivity index is 1.74. The molecule has 22 heavy (non-hydrogen) atoms. The average Bonchev–Trinajstić information content (AvgIpc) is 2.58. The van der Waals surface area contributed by atoms with E-state index in [-0.39, 0.29) is 0 Å². The number of para-hydroxylation sites is 1. The van der Waals surface area contributed by atoms with Gasteiger partial charge in [0.1, 0.15) is 0 Å². The number of hydrogen-bond acceptors (Lipinski definition) is 2. The molecule has 0 unspecified atom stereocenters. The van der Waals surface area contributed by atoms with Gasteiger partial charge in [-0.1, -0.05) is 60.7 Å². The largest absolute Gasteiger partial charge is 0.367 e. The van der Waals surface area contributed by atoms with Crippen molar-refractivity contribution in [3.05, 3.63) is 78.4 Å². The minimum absolute atomic E-state index is 0.403. The molecule has 0 aromatic heterocycles.